The van der Waals surface area contributed by atoms with Crippen molar-refractivity contribution >= 4 is 34.1 Å². The molecule has 18 heavy (non-hydrogen) atoms. The van der Waals surface area contributed by atoms with Crippen LogP contribution in [0.4, 0.5) is 10.7 Å². The summed E-state index contributed by atoms with van der Waals surface area (Å²) in [5, 5.41) is 3.63. The van der Waals surface area contributed by atoms with E-state index in [0.29, 0.717) is 19.0 Å². The molecule has 8 heteroatoms. The molecule has 2 heterocycles. The number of amides is 2. The third-order valence-corrected chi connectivity index (χ3v) is 2.92. The molecule has 98 valence electrons. The first-order valence-electron chi connectivity index (χ1n) is 5.37. The summed E-state index contributed by atoms with van der Waals surface area (Å²) in [4.78, 5) is 12.5. The number of hydrogen-bond donors (Lipinski definition) is 2. The van der Waals surface area contributed by atoms with Crippen molar-refractivity contribution < 1.29 is 13.9 Å². The van der Waals surface area contributed by atoms with Crippen LogP contribution in [0.25, 0.3) is 0 Å². The molecule has 2 amide bonds. The number of ether oxygens (including phenoxy) is 1. The molecule has 1 aliphatic heterocycles. The van der Waals surface area contributed by atoms with Gasteiger partial charge in [-0.2, -0.15) is 5.10 Å². The molecular formula is C10H13BrN4O3. The van der Waals surface area contributed by atoms with Crippen molar-refractivity contribution in [1.82, 2.24) is 5.43 Å². The van der Waals surface area contributed by atoms with Gasteiger partial charge in [0.2, 0.25) is 5.88 Å². The number of nitrogens with zero attached hydrogens (tertiary/aromatic N) is 2. The number of hydrazone groups is 1. The number of furan rings is 1. The summed E-state index contributed by atoms with van der Waals surface area (Å²) in [5.41, 5.74) is 6.98. The Morgan fingerprint density at radius 3 is 2.94 bits per heavy atom. The number of rotatable bonds is 3. The number of nitrogens with one attached hydrogen (secondary N) is 1. The Kier molecular flexibility index (Phi) is 4.21. The van der Waals surface area contributed by atoms with Crippen molar-refractivity contribution in [3.05, 3.63) is 16.3 Å². The van der Waals surface area contributed by atoms with E-state index in [1.54, 1.807) is 6.07 Å². The van der Waals surface area contributed by atoms with Crippen molar-refractivity contribution in [2.45, 2.75) is 0 Å². The number of primary amides is 1. The van der Waals surface area contributed by atoms with Gasteiger partial charge in [-0.3, -0.25) is 0 Å². The fraction of sp³-hybridized carbons (Fsp3) is 0.400. The van der Waals surface area contributed by atoms with Gasteiger partial charge >= 0.3 is 6.03 Å². The van der Waals surface area contributed by atoms with E-state index in [1.807, 2.05) is 0 Å². The molecule has 1 aromatic rings. The molecule has 0 spiro atoms. The van der Waals surface area contributed by atoms with Gasteiger partial charge in [0.05, 0.1) is 23.9 Å². The molecule has 0 unspecified atom stereocenters. The maximum absolute atomic E-state index is 10.4. The maximum atomic E-state index is 10.4. The number of carbonyl (C=O) groups excluding carboxylic acids is 1. The molecule has 0 saturated carbocycles. The van der Waals surface area contributed by atoms with E-state index in [4.69, 9.17) is 14.9 Å². The fourth-order valence-corrected chi connectivity index (χ4v) is 2.14. The zero-order valence-electron chi connectivity index (χ0n) is 9.56. The second-order valence-electron chi connectivity index (χ2n) is 3.64. The zero-order valence-corrected chi connectivity index (χ0v) is 11.1. The predicted octanol–water partition coefficient (Wildman–Crippen LogP) is 0.881. The van der Waals surface area contributed by atoms with Crippen LogP contribution < -0.4 is 16.1 Å². The van der Waals surface area contributed by atoms with Gasteiger partial charge in [-0.1, -0.05) is 0 Å². The van der Waals surface area contributed by atoms with E-state index in [2.05, 4.69) is 31.4 Å². The minimum atomic E-state index is -0.717. The van der Waals surface area contributed by atoms with Gasteiger partial charge in [0.1, 0.15) is 0 Å². The Morgan fingerprint density at radius 1 is 1.56 bits per heavy atom. The van der Waals surface area contributed by atoms with Crippen molar-refractivity contribution in [2.75, 3.05) is 31.2 Å². The van der Waals surface area contributed by atoms with Gasteiger partial charge in [-0.15, -0.1) is 0 Å². The lowest BCUT2D eigenvalue weighted by atomic mass is 10.4. The van der Waals surface area contributed by atoms with Gasteiger partial charge in [0, 0.05) is 19.2 Å². The van der Waals surface area contributed by atoms with Crippen LogP contribution in [0.5, 0.6) is 0 Å². The van der Waals surface area contributed by atoms with Crippen LogP contribution in [0.2, 0.25) is 0 Å². The lowest BCUT2D eigenvalue weighted by Crippen LogP contribution is -2.36. The number of halogens is 1. The van der Waals surface area contributed by atoms with E-state index in [9.17, 15) is 4.79 Å². The first-order chi connectivity index (χ1) is 8.66. The van der Waals surface area contributed by atoms with Gasteiger partial charge in [-0.25, -0.2) is 10.2 Å². The summed E-state index contributed by atoms with van der Waals surface area (Å²) in [6.45, 7) is 2.92. The Hall–Kier alpha value is -1.54. The van der Waals surface area contributed by atoms with Crippen LogP contribution in [0, 0.1) is 0 Å². The number of urea groups is 1. The van der Waals surface area contributed by atoms with Crippen LogP contribution in [0.3, 0.4) is 0 Å². The number of carbonyl (C=O) groups is 1. The minimum absolute atomic E-state index is 0.525. The maximum Gasteiger partial charge on any atom is 0.332 e. The fourth-order valence-electron chi connectivity index (χ4n) is 1.58. The Balaban J connectivity index is 2.06. The first kappa shape index (κ1) is 12.9. The highest BCUT2D eigenvalue weighted by Gasteiger charge is 2.18. The van der Waals surface area contributed by atoms with Crippen LogP contribution in [0.1, 0.15) is 5.76 Å². The molecule has 0 radical (unpaired) electrons. The molecule has 1 fully saturated rings. The second-order valence-corrected chi connectivity index (χ2v) is 4.49. The van der Waals surface area contributed by atoms with Crippen LogP contribution in [0.15, 0.2) is 20.1 Å². The molecule has 7 nitrogen and oxygen atoms in total. The zero-order chi connectivity index (χ0) is 13.0. The molecule has 1 saturated heterocycles. The molecule has 3 N–H and O–H groups in total. The lowest BCUT2D eigenvalue weighted by Gasteiger charge is -2.26. The largest absolute Gasteiger partial charge is 0.438 e. The number of hydrogen-bond acceptors (Lipinski definition) is 5. The highest BCUT2D eigenvalue weighted by atomic mass is 79.9. The lowest BCUT2D eigenvalue weighted by molar-refractivity contribution is 0.120. The summed E-state index contributed by atoms with van der Waals surface area (Å²) >= 11 is 3.42. The normalized spacial score (nSPS) is 16.2. The predicted molar refractivity (Wildman–Crippen MR) is 69.8 cm³/mol. The van der Waals surface area contributed by atoms with Crippen LogP contribution >= 0.6 is 15.9 Å². The van der Waals surface area contributed by atoms with Gasteiger partial charge in [-0.05, 0) is 15.9 Å². The Bertz CT molecular complexity index is 454. The topological polar surface area (TPSA) is 93.1 Å². The quantitative estimate of drug-likeness (QED) is 0.639. The monoisotopic (exact) mass is 316 g/mol. The smallest absolute Gasteiger partial charge is 0.332 e. The summed E-state index contributed by atoms with van der Waals surface area (Å²) < 4.78 is 11.7. The SMILES string of the molecule is NC(=O)N/N=C\c1cc(Br)c(N2CCOCC2)o1. The average Bonchev–Trinajstić information content (AvgIpc) is 2.71. The average molecular weight is 317 g/mol. The van der Waals surface area contributed by atoms with Crippen molar-refractivity contribution in [2.24, 2.45) is 10.8 Å². The summed E-state index contributed by atoms with van der Waals surface area (Å²) in [5.74, 6) is 1.26. The minimum Gasteiger partial charge on any atom is -0.438 e. The molecule has 2 rings (SSSR count). The molecule has 0 aromatic carbocycles. The number of nitrogens with two attached hydrogens (primary N) is 1. The highest BCUT2D eigenvalue weighted by Crippen LogP contribution is 2.30. The van der Waals surface area contributed by atoms with Gasteiger partial charge < -0.3 is 19.8 Å². The molecule has 0 bridgehead atoms. The van der Waals surface area contributed by atoms with Gasteiger partial charge in [0.25, 0.3) is 0 Å². The van der Waals surface area contributed by atoms with Crippen molar-refractivity contribution in [1.29, 1.82) is 0 Å². The molecule has 0 aliphatic carbocycles. The van der Waals surface area contributed by atoms with Crippen molar-refractivity contribution in [3.63, 3.8) is 0 Å². The van der Waals surface area contributed by atoms with Gasteiger partial charge in [0.15, 0.2) is 5.76 Å². The summed E-state index contributed by atoms with van der Waals surface area (Å²) in [6.07, 6.45) is 1.39. The van der Waals surface area contributed by atoms with Crippen molar-refractivity contribution in [3.8, 4) is 0 Å². The molecule has 1 aliphatic rings. The number of morpholine rings is 1. The summed E-state index contributed by atoms with van der Waals surface area (Å²) in [7, 11) is 0. The standard InChI is InChI=1S/C10H13BrN4O3/c11-8-5-7(6-13-14-10(12)16)18-9(8)15-1-3-17-4-2-15/h5-6H,1-4H2,(H3,12,14,16)/b13-6-. The highest BCUT2D eigenvalue weighted by molar-refractivity contribution is 9.10. The third kappa shape index (κ3) is 3.23. The Morgan fingerprint density at radius 2 is 2.28 bits per heavy atom. The van der Waals surface area contributed by atoms with Crippen LogP contribution in [-0.4, -0.2) is 38.5 Å². The van der Waals surface area contributed by atoms with E-state index in [-0.39, 0.29) is 0 Å². The molecule has 1 aromatic heterocycles. The van der Waals surface area contributed by atoms with E-state index in [0.717, 1.165) is 23.4 Å². The second kappa shape index (κ2) is 5.87. The number of anilines is 1. The Labute approximate surface area is 112 Å². The van der Waals surface area contributed by atoms with E-state index < -0.39 is 6.03 Å². The van der Waals surface area contributed by atoms with Crippen LogP contribution in [-0.2, 0) is 4.74 Å². The first-order valence-corrected chi connectivity index (χ1v) is 6.16. The molecular weight excluding hydrogens is 304 g/mol. The summed E-state index contributed by atoms with van der Waals surface area (Å²) in [6, 6.07) is 1.06. The molecule has 0 atom stereocenters. The van der Waals surface area contributed by atoms with E-state index >= 15 is 0 Å². The van der Waals surface area contributed by atoms with E-state index in [1.165, 1.54) is 6.21 Å². The third-order valence-electron chi connectivity index (χ3n) is 2.35.